The van der Waals surface area contributed by atoms with Crippen LogP contribution in [0.25, 0.3) is 28.3 Å². The zero-order chi connectivity index (χ0) is 16.9. The van der Waals surface area contributed by atoms with Gasteiger partial charge in [0.15, 0.2) is 0 Å². The zero-order valence-electron chi connectivity index (χ0n) is 13.6. The first-order valence-corrected chi connectivity index (χ1v) is 8.17. The highest BCUT2D eigenvalue weighted by molar-refractivity contribution is 5.93. The molecule has 0 saturated heterocycles. The summed E-state index contributed by atoms with van der Waals surface area (Å²) in [6, 6.07) is 21.9. The zero-order valence-corrected chi connectivity index (χ0v) is 13.6. The van der Waals surface area contributed by atoms with Crippen molar-refractivity contribution in [2.24, 2.45) is 0 Å². The van der Waals surface area contributed by atoms with E-state index in [1.807, 2.05) is 60.7 Å². The molecule has 0 saturated carbocycles. The number of hydrogen-bond donors (Lipinski definition) is 0. The molecule has 0 atom stereocenters. The van der Waals surface area contributed by atoms with Crippen molar-refractivity contribution < 1.29 is 9.15 Å². The van der Waals surface area contributed by atoms with E-state index in [1.54, 1.807) is 12.5 Å². The first-order chi connectivity index (χ1) is 12.4. The molecule has 0 fully saturated rings. The second kappa shape index (κ2) is 7.05. The van der Waals surface area contributed by atoms with Gasteiger partial charge in [0.05, 0.1) is 5.69 Å². The SMILES string of the molecule is C(=Cc1ccccc1)COc1ccc2occ(-c3ccccn3)c2c1. The number of hydrogen-bond acceptors (Lipinski definition) is 3. The Morgan fingerprint density at radius 2 is 1.84 bits per heavy atom. The summed E-state index contributed by atoms with van der Waals surface area (Å²) in [5.74, 6) is 0.809. The number of pyridine rings is 1. The van der Waals surface area contributed by atoms with Crippen LogP contribution < -0.4 is 4.74 Å². The number of benzene rings is 2. The van der Waals surface area contributed by atoms with Crippen LogP contribution in [0.3, 0.4) is 0 Å². The molecule has 4 aromatic rings. The van der Waals surface area contributed by atoms with Crippen LogP contribution in [0.1, 0.15) is 5.56 Å². The lowest BCUT2D eigenvalue weighted by Gasteiger charge is -2.04. The lowest BCUT2D eigenvalue weighted by molar-refractivity contribution is 0.364. The average molecular weight is 327 g/mol. The molecule has 25 heavy (non-hydrogen) atoms. The van der Waals surface area contributed by atoms with Crippen molar-refractivity contribution in [3.63, 3.8) is 0 Å². The van der Waals surface area contributed by atoms with E-state index in [0.717, 1.165) is 33.5 Å². The number of aromatic nitrogens is 1. The maximum atomic E-state index is 5.85. The Hall–Kier alpha value is -3.33. The molecule has 4 rings (SSSR count). The van der Waals surface area contributed by atoms with Gasteiger partial charge in [-0.05, 0) is 42.0 Å². The van der Waals surface area contributed by atoms with Crippen LogP contribution in [0.4, 0.5) is 0 Å². The van der Waals surface area contributed by atoms with Gasteiger partial charge in [0.1, 0.15) is 24.2 Å². The van der Waals surface area contributed by atoms with Gasteiger partial charge in [-0.2, -0.15) is 0 Å². The summed E-state index contributed by atoms with van der Waals surface area (Å²) >= 11 is 0. The van der Waals surface area contributed by atoms with Crippen molar-refractivity contribution in [3.05, 3.63) is 90.8 Å². The molecule has 2 aromatic carbocycles. The fourth-order valence-corrected chi connectivity index (χ4v) is 2.71. The van der Waals surface area contributed by atoms with Gasteiger partial charge in [-0.25, -0.2) is 0 Å². The molecule has 2 aromatic heterocycles. The maximum Gasteiger partial charge on any atom is 0.134 e. The molecule has 3 heteroatoms. The molecular weight excluding hydrogens is 310 g/mol. The van der Waals surface area contributed by atoms with Crippen molar-refractivity contribution in [2.45, 2.75) is 0 Å². The van der Waals surface area contributed by atoms with E-state index in [-0.39, 0.29) is 0 Å². The molecule has 122 valence electrons. The average Bonchev–Trinajstić information content (AvgIpc) is 3.10. The highest BCUT2D eigenvalue weighted by atomic mass is 16.5. The Morgan fingerprint density at radius 3 is 2.68 bits per heavy atom. The predicted octanol–water partition coefficient (Wildman–Crippen LogP) is 5.59. The standard InChI is InChI=1S/C22H17NO2/c1-2-7-17(8-3-1)9-6-14-24-18-11-12-22-19(15-18)20(16-25-22)21-10-4-5-13-23-21/h1-13,15-16H,14H2. The third-order valence-electron chi connectivity index (χ3n) is 3.94. The van der Waals surface area contributed by atoms with Crippen LogP contribution in [0.5, 0.6) is 5.75 Å². The summed E-state index contributed by atoms with van der Waals surface area (Å²) in [5.41, 5.74) is 3.85. The third kappa shape index (κ3) is 3.45. The van der Waals surface area contributed by atoms with E-state index in [4.69, 9.17) is 9.15 Å². The largest absolute Gasteiger partial charge is 0.490 e. The van der Waals surface area contributed by atoms with Gasteiger partial charge in [-0.1, -0.05) is 42.5 Å². The van der Waals surface area contributed by atoms with Gasteiger partial charge in [0.2, 0.25) is 0 Å². The smallest absolute Gasteiger partial charge is 0.134 e. The Labute approximate surface area is 146 Å². The third-order valence-corrected chi connectivity index (χ3v) is 3.94. The predicted molar refractivity (Wildman–Crippen MR) is 100 cm³/mol. The minimum Gasteiger partial charge on any atom is -0.490 e. The van der Waals surface area contributed by atoms with Crippen molar-refractivity contribution in [1.82, 2.24) is 4.98 Å². The Bertz CT molecular complexity index is 988. The van der Waals surface area contributed by atoms with Crippen LogP contribution in [-0.2, 0) is 0 Å². The van der Waals surface area contributed by atoms with Gasteiger partial charge in [-0.15, -0.1) is 0 Å². The van der Waals surface area contributed by atoms with E-state index in [9.17, 15) is 0 Å². The normalized spacial score (nSPS) is 11.2. The summed E-state index contributed by atoms with van der Waals surface area (Å²) < 4.78 is 11.5. The molecule has 0 aliphatic carbocycles. The van der Waals surface area contributed by atoms with Gasteiger partial charge in [-0.3, -0.25) is 4.98 Å². The summed E-state index contributed by atoms with van der Waals surface area (Å²) in [5, 5.41) is 1.00. The highest BCUT2D eigenvalue weighted by Gasteiger charge is 2.09. The molecular formula is C22H17NO2. The molecule has 0 amide bonds. The summed E-state index contributed by atoms with van der Waals surface area (Å²) in [6.45, 7) is 0.511. The molecule has 2 heterocycles. The van der Waals surface area contributed by atoms with Crippen LogP contribution in [-0.4, -0.2) is 11.6 Å². The molecule has 0 N–H and O–H groups in total. The minimum absolute atomic E-state index is 0.511. The monoisotopic (exact) mass is 327 g/mol. The van der Waals surface area contributed by atoms with Crippen LogP contribution in [0, 0.1) is 0 Å². The fourth-order valence-electron chi connectivity index (χ4n) is 2.71. The molecule has 3 nitrogen and oxygen atoms in total. The summed E-state index contributed by atoms with van der Waals surface area (Å²) in [7, 11) is 0. The molecule has 0 spiro atoms. The molecule has 0 aliphatic rings. The fraction of sp³-hybridized carbons (Fsp3) is 0.0455. The van der Waals surface area contributed by atoms with Gasteiger partial charge < -0.3 is 9.15 Å². The van der Waals surface area contributed by atoms with E-state index >= 15 is 0 Å². The summed E-state index contributed by atoms with van der Waals surface area (Å²) in [6.07, 6.45) is 7.58. The highest BCUT2D eigenvalue weighted by Crippen LogP contribution is 2.31. The van der Waals surface area contributed by atoms with Crippen LogP contribution >= 0.6 is 0 Å². The van der Waals surface area contributed by atoms with Gasteiger partial charge in [0.25, 0.3) is 0 Å². The van der Waals surface area contributed by atoms with Crippen molar-refractivity contribution in [3.8, 4) is 17.0 Å². The molecule has 0 unspecified atom stereocenters. The molecule has 0 aliphatic heterocycles. The Balaban J connectivity index is 1.52. The van der Waals surface area contributed by atoms with E-state index in [1.165, 1.54) is 0 Å². The van der Waals surface area contributed by atoms with E-state index < -0.39 is 0 Å². The van der Waals surface area contributed by atoms with Crippen molar-refractivity contribution in [1.29, 1.82) is 0 Å². The number of nitrogens with zero attached hydrogens (tertiary/aromatic N) is 1. The lowest BCUT2D eigenvalue weighted by atomic mass is 10.1. The Kier molecular flexibility index (Phi) is 4.29. The lowest BCUT2D eigenvalue weighted by Crippen LogP contribution is -1.93. The molecule has 0 radical (unpaired) electrons. The van der Waals surface area contributed by atoms with Crippen LogP contribution in [0.15, 0.2) is 89.7 Å². The maximum absolute atomic E-state index is 5.85. The Morgan fingerprint density at radius 1 is 0.960 bits per heavy atom. The van der Waals surface area contributed by atoms with Gasteiger partial charge >= 0.3 is 0 Å². The molecule has 0 bridgehead atoms. The second-order valence-electron chi connectivity index (χ2n) is 5.65. The van der Waals surface area contributed by atoms with E-state index in [0.29, 0.717) is 6.61 Å². The van der Waals surface area contributed by atoms with Gasteiger partial charge in [0, 0.05) is 17.1 Å². The number of rotatable bonds is 5. The van der Waals surface area contributed by atoms with Crippen molar-refractivity contribution >= 4 is 17.0 Å². The number of fused-ring (bicyclic) bond motifs is 1. The first kappa shape index (κ1) is 15.2. The quantitative estimate of drug-likeness (QED) is 0.479. The second-order valence-corrected chi connectivity index (χ2v) is 5.65. The number of furan rings is 1. The van der Waals surface area contributed by atoms with E-state index in [2.05, 4.69) is 23.2 Å². The summed E-state index contributed by atoms with van der Waals surface area (Å²) in [4.78, 5) is 4.40. The number of ether oxygens (including phenoxy) is 1. The van der Waals surface area contributed by atoms with Crippen molar-refractivity contribution in [2.75, 3.05) is 6.61 Å². The first-order valence-electron chi connectivity index (χ1n) is 8.17. The topological polar surface area (TPSA) is 35.3 Å². The minimum atomic E-state index is 0.511. The van der Waals surface area contributed by atoms with Crippen LogP contribution in [0.2, 0.25) is 0 Å².